The van der Waals surface area contributed by atoms with E-state index in [0.29, 0.717) is 13.2 Å². The zero-order valence-corrected chi connectivity index (χ0v) is 11.9. The molecule has 0 amide bonds. The molecule has 0 aliphatic carbocycles. The molecule has 0 radical (unpaired) electrons. The summed E-state index contributed by atoms with van der Waals surface area (Å²) in [5, 5.41) is 3.80. The van der Waals surface area contributed by atoms with Crippen molar-refractivity contribution in [1.82, 2.24) is 4.98 Å². The molecule has 110 valence electrons. The van der Waals surface area contributed by atoms with Crippen molar-refractivity contribution >= 4 is 26.7 Å². The number of halogens is 2. The van der Waals surface area contributed by atoms with Crippen LogP contribution in [0.3, 0.4) is 0 Å². The molecule has 0 bridgehead atoms. The topological polar surface area (TPSA) is 43.4 Å². The Kier molecular flexibility index (Phi) is 5.49. The maximum absolute atomic E-state index is 11.9. The van der Waals surface area contributed by atoms with Gasteiger partial charge in [-0.3, -0.25) is 0 Å². The summed E-state index contributed by atoms with van der Waals surface area (Å²) in [6.45, 7) is 2.70. The summed E-state index contributed by atoms with van der Waals surface area (Å²) >= 11 is 1.50. The van der Waals surface area contributed by atoms with E-state index in [1.807, 2.05) is 25.1 Å². The van der Waals surface area contributed by atoms with Crippen molar-refractivity contribution in [2.24, 2.45) is 0 Å². The fraction of sp³-hybridized carbons (Fsp3) is 0.462. The molecule has 2 rings (SSSR count). The van der Waals surface area contributed by atoms with Gasteiger partial charge in [0.05, 0.1) is 23.4 Å². The first-order valence-electron chi connectivity index (χ1n) is 6.32. The van der Waals surface area contributed by atoms with E-state index in [1.165, 1.54) is 11.3 Å². The Hall–Kier alpha value is -1.47. The van der Waals surface area contributed by atoms with Gasteiger partial charge in [-0.1, -0.05) is 11.3 Å². The van der Waals surface area contributed by atoms with Gasteiger partial charge in [0.1, 0.15) is 12.4 Å². The first kappa shape index (κ1) is 14.9. The maximum Gasteiger partial charge on any atom is 0.261 e. The van der Waals surface area contributed by atoms with Crippen LogP contribution in [0.2, 0.25) is 0 Å². The summed E-state index contributed by atoms with van der Waals surface area (Å²) in [4.78, 5) is 4.39. The van der Waals surface area contributed by atoms with E-state index in [2.05, 4.69) is 10.3 Å². The molecule has 0 aliphatic rings. The zero-order chi connectivity index (χ0) is 14.4. The molecule has 20 heavy (non-hydrogen) atoms. The zero-order valence-electron chi connectivity index (χ0n) is 11.1. The van der Waals surface area contributed by atoms with Crippen LogP contribution in [0.4, 0.5) is 13.9 Å². The molecule has 2 aromatic rings. The van der Waals surface area contributed by atoms with Gasteiger partial charge in [0.2, 0.25) is 0 Å². The lowest BCUT2D eigenvalue weighted by Gasteiger charge is -2.03. The highest BCUT2D eigenvalue weighted by molar-refractivity contribution is 7.22. The van der Waals surface area contributed by atoms with Crippen molar-refractivity contribution in [3.05, 3.63) is 18.2 Å². The molecule has 0 saturated carbocycles. The van der Waals surface area contributed by atoms with Crippen molar-refractivity contribution in [3.8, 4) is 5.75 Å². The minimum Gasteiger partial charge on any atom is -0.494 e. The largest absolute Gasteiger partial charge is 0.494 e. The van der Waals surface area contributed by atoms with E-state index in [4.69, 9.17) is 9.47 Å². The number of benzene rings is 1. The van der Waals surface area contributed by atoms with Crippen LogP contribution in [0.1, 0.15) is 6.92 Å². The summed E-state index contributed by atoms with van der Waals surface area (Å²) in [6.07, 6.45) is -2.42. The molecule has 0 saturated heterocycles. The normalized spacial score (nSPS) is 11.2. The van der Waals surface area contributed by atoms with E-state index in [0.717, 1.165) is 21.1 Å². The van der Waals surface area contributed by atoms with E-state index < -0.39 is 13.0 Å². The van der Waals surface area contributed by atoms with Crippen molar-refractivity contribution in [1.29, 1.82) is 0 Å². The number of aromatic nitrogens is 1. The Bertz CT molecular complexity index is 548. The number of hydrogen-bond acceptors (Lipinski definition) is 5. The third-order valence-corrected chi connectivity index (χ3v) is 3.41. The third-order valence-electron chi connectivity index (χ3n) is 2.44. The highest BCUT2D eigenvalue weighted by Gasteiger charge is 2.05. The number of anilines is 1. The van der Waals surface area contributed by atoms with Crippen LogP contribution in [-0.2, 0) is 4.74 Å². The van der Waals surface area contributed by atoms with E-state index >= 15 is 0 Å². The Labute approximate surface area is 119 Å². The molecule has 1 aromatic heterocycles. The van der Waals surface area contributed by atoms with Crippen molar-refractivity contribution in [3.63, 3.8) is 0 Å². The number of rotatable bonds is 8. The molecule has 1 N–H and O–H groups in total. The van der Waals surface area contributed by atoms with Crippen molar-refractivity contribution in [2.45, 2.75) is 13.3 Å². The summed E-state index contributed by atoms with van der Waals surface area (Å²) in [5.74, 6) is 0.815. The number of fused-ring (bicyclic) bond motifs is 1. The Morgan fingerprint density at radius 1 is 1.40 bits per heavy atom. The highest BCUT2D eigenvalue weighted by atomic mass is 32.1. The summed E-state index contributed by atoms with van der Waals surface area (Å²) in [6, 6.07) is 5.71. The average molecular weight is 302 g/mol. The van der Waals surface area contributed by atoms with Gasteiger partial charge in [0.15, 0.2) is 5.13 Å². The number of alkyl halides is 2. The average Bonchev–Trinajstić information content (AvgIpc) is 2.80. The second-order valence-electron chi connectivity index (χ2n) is 3.97. The van der Waals surface area contributed by atoms with Gasteiger partial charge in [-0.15, -0.1) is 0 Å². The van der Waals surface area contributed by atoms with Crippen LogP contribution >= 0.6 is 11.3 Å². The summed E-state index contributed by atoms with van der Waals surface area (Å²) in [5.41, 5.74) is 0.884. The van der Waals surface area contributed by atoms with Gasteiger partial charge in [-0.05, 0) is 25.1 Å². The maximum atomic E-state index is 11.9. The van der Waals surface area contributed by atoms with Crippen LogP contribution in [0.5, 0.6) is 5.75 Å². The molecule has 4 nitrogen and oxygen atoms in total. The molecular weight excluding hydrogens is 286 g/mol. The fourth-order valence-electron chi connectivity index (χ4n) is 1.64. The standard InChI is InChI=1S/C13H16F2N2O2S/c1-2-19-9-3-4-10-11(7-9)20-13(17-10)16-5-6-18-8-12(14)15/h3-4,7,12H,2,5-6,8H2,1H3,(H,16,17). The van der Waals surface area contributed by atoms with E-state index in [1.54, 1.807) is 0 Å². The monoisotopic (exact) mass is 302 g/mol. The molecule has 1 heterocycles. The van der Waals surface area contributed by atoms with Gasteiger partial charge in [-0.2, -0.15) is 0 Å². The molecule has 0 unspecified atom stereocenters. The van der Waals surface area contributed by atoms with Gasteiger partial charge < -0.3 is 14.8 Å². The first-order valence-corrected chi connectivity index (χ1v) is 7.14. The number of nitrogens with one attached hydrogen (secondary N) is 1. The minimum absolute atomic E-state index is 0.227. The first-order chi connectivity index (χ1) is 9.69. The number of ether oxygens (including phenoxy) is 2. The van der Waals surface area contributed by atoms with Crippen molar-refractivity contribution < 1.29 is 18.3 Å². The van der Waals surface area contributed by atoms with Gasteiger partial charge in [0, 0.05) is 6.54 Å². The van der Waals surface area contributed by atoms with E-state index in [9.17, 15) is 8.78 Å². The van der Waals surface area contributed by atoms with E-state index in [-0.39, 0.29) is 6.61 Å². The Morgan fingerprint density at radius 2 is 2.25 bits per heavy atom. The minimum atomic E-state index is -2.42. The van der Waals surface area contributed by atoms with Crippen LogP contribution in [0, 0.1) is 0 Å². The summed E-state index contributed by atoms with van der Waals surface area (Å²) in [7, 11) is 0. The fourth-order valence-corrected chi connectivity index (χ4v) is 2.56. The Morgan fingerprint density at radius 3 is 3.00 bits per heavy atom. The second kappa shape index (κ2) is 7.35. The van der Waals surface area contributed by atoms with Gasteiger partial charge in [0.25, 0.3) is 6.43 Å². The number of hydrogen-bond donors (Lipinski definition) is 1. The lowest BCUT2D eigenvalue weighted by Crippen LogP contribution is -2.12. The van der Waals surface area contributed by atoms with Crippen LogP contribution in [-0.4, -0.2) is 37.8 Å². The quantitative estimate of drug-likeness (QED) is 0.759. The molecular formula is C13H16F2N2O2S. The second-order valence-corrected chi connectivity index (χ2v) is 5.00. The smallest absolute Gasteiger partial charge is 0.261 e. The third kappa shape index (κ3) is 4.28. The SMILES string of the molecule is CCOc1ccc2nc(NCCOCC(F)F)sc2c1. The van der Waals surface area contributed by atoms with Crippen LogP contribution in [0.15, 0.2) is 18.2 Å². The number of thiazole rings is 1. The molecule has 0 spiro atoms. The van der Waals surface area contributed by atoms with Gasteiger partial charge in [-0.25, -0.2) is 13.8 Å². The molecule has 0 atom stereocenters. The predicted octanol–water partition coefficient (Wildman–Crippen LogP) is 3.39. The molecule has 1 aromatic carbocycles. The predicted molar refractivity (Wildman–Crippen MR) is 76.1 cm³/mol. The van der Waals surface area contributed by atoms with Crippen LogP contribution in [0.25, 0.3) is 10.2 Å². The van der Waals surface area contributed by atoms with Crippen LogP contribution < -0.4 is 10.1 Å². The lowest BCUT2D eigenvalue weighted by atomic mass is 10.3. The molecule has 0 aliphatic heterocycles. The summed E-state index contributed by atoms with van der Waals surface area (Å²) < 4.78 is 34.9. The lowest BCUT2D eigenvalue weighted by molar-refractivity contribution is 0.0215. The molecule has 0 fully saturated rings. The Balaban J connectivity index is 1.87. The van der Waals surface area contributed by atoms with Gasteiger partial charge >= 0.3 is 0 Å². The number of nitrogens with zero attached hydrogens (tertiary/aromatic N) is 1. The van der Waals surface area contributed by atoms with Crippen molar-refractivity contribution in [2.75, 3.05) is 31.7 Å². The highest BCUT2D eigenvalue weighted by Crippen LogP contribution is 2.29. The molecule has 7 heteroatoms.